The van der Waals surface area contributed by atoms with Gasteiger partial charge in [0.25, 0.3) is 5.91 Å². The van der Waals surface area contributed by atoms with E-state index in [-0.39, 0.29) is 25.0 Å². The third kappa shape index (κ3) is 4.85. The van der Waals surface area contributed by atoms with Gasteiger partial charge in [-0.15, -0.1) is 0 Å². The Hall–Kier alpha value is -2.88. The van der Waals surface area contributed by atoms with E-state index in [0.717, 1.165) is 31.2 Å². The number of esters is 1. The Labute approximate surface area is 158 Å². The van der Waals surface area contributed by atoms with E-state index in [1.54, 1.807) is 24.3 Å². The molecule has 2 fully saturated rings. The number of nitriles is 1. The Morgan fingerprint density at radius 3 is 2.59 bits per heavy atom. The van der Waals surface area contributed by atoms with Gasteiger partial charge in [0.05, 0.1) is 18.4 Å². The Morgan fingerprint density at radius 1 is 1.22 bits per heavy atom. The molecule has 142 valence electrons. The summed E-state index contributed by atoms with van der Waals surface area (Å²) in [5, 5.41) is 11.3. The van der Waals surface area contributed by atoms with Crippen LogP contribution in [0.25, 0.3) is 0 Å². The Kier molecular flexibility index (Phi) is 6.07. The summed E-state index contributed by atoms with van der Waals surface area (Å²) in [7, 11) is 0. The predicted molar refractivity (Wildman–Crippen MR) is 97.4 cm³/mol. The van der Waals surface area contributed by atoms with Crippen LogP contribution >= 0.6 is 0 Å². The molecule has 7 heteroatoms. The Balaban J connectivity index is 1.44. The first kappa shape index (κ1) is 18.9. The summed E-state index contributed by atoms with van der Waals surface area (Å²) >= 11 is 0. The van der Waals surface area contributed by atoms with E-state index in [9.17, 15) is 14.4 Å². The van der Waals surface area contributed by atoms with Gasteiger partial charge in [-0.2, -0.15) is 5.26 Å². The van der Waals surface area contributed by atoms with Crippen molar-refractivity contribution in [3.63, 3.8) is 0 Å². The molecule has 1 aliphatic heterocycles. The zero-order chi connectivity index (χ0) is 19.2. The molecule has 3 rings (SSSR count). The lowest BCUT2D eigenvalue weighted by molar-refractivity contribution is -0.151. The van der Waals surface area contributed by atoms with Gasteiger partial charge in [-0.25, -0.2) is 0 Å². The third-order valence-electron chi connectivity index (χ3n) is 5.12. The number of ether oxygens (including phenoxy) is 1. The van der Waals surface area contributed by atoms with Crippen molar-refractivity contribution < 1.29 is 19.1 Å². The zero-order valence-electron chi connectivity index (χ0n) is 15.1. The van der Waals surface area contributed by atoms with E-state index >= 15 is 0 Å². The van der Waals surface area contributed by atoms with Gasteiger partial charge >= 0.3 is 5.97 Å². The third-order valence-corrected chi connectivity index (χ3v) is 5.12. The van der Waals surface area contributed by atoms with Crippen LogP contribution in [0.2, 0.25) is 0 Å². The quantitative estimate of drug-likeness (QED) is 0.774. The van der Waals surface area contributed by atoms with Gasteiger partial charge in [0.1, 0.15) is 0 Å². The molecule has 0 radical (unpaired) electrons. The van der Waals surface area contributed by atoms with Crippen molar-refractivity contribution >= 4 is 23.5 Å². The molecule has 1 aromatic carbocycles. The number of rotatable bonds is 6. The maximum absolute atomic E-state index is 12.2. The predicted octanol–water partition coefficient (Wildman–Crippen LogP) is 2.03. The van der Waals surface area contributed by atoms with Crippen molar-refractivity contribution in [1.29, 1.82) is 5.26 Å². The first-order valence-corrected chi connectivity index (χ1v) is 9.28. The Bertz CT molecular complexity index is 747. The number of carbonyl (C=O) groups is 3. The number of hydrogen-bond donors (Lipinski definition) is 1. The van der Waals surface area contributed by atoms with E-state index in [0.29, 0.717) is 18.7 Å². The molecule has 1 saturated heterocycles. The van der Waals surface area contributed by atoms with Gasteiger partial charge in [0.2, 0.25) is 5.91 Å². The Morgan fingerprint density at radius 2 is 1.93 bits per heavy atom. The highest BCUT2D eigenvalue weighted by Gasteiger charge is 2.39. The molecule has 0 unspecified atom stereocenters. The standard InChI is InChI=1S/C20H23N3O4/c21-10-9-14-5-7-16(8-6-14)22-18(24)13-27-20(26)15-11-19(25)23(12-15)17-3-1-2-4-17/h5-8,15,17H,1-4,9,11-13H2,(H,22,24)/t15-/m1/s1. The monoisotopic (exact) mass is 369 g/mol. The lowest BCUT2D eigenvalue weighted by atomic mass is 10.1. The van der Waals surface area contributed by atoms with Crippen molar-refractivity contribution in [3.8, 4) is 6.07 Å². The molecule has 2 amide bonds. The SMILES string of the molecule is N#CCc1ccc(NC(=O)COC(=O)[C@@H]2CC(=O)N(C3CCCC3)C2)cc1. The van der Waals surface area contributed by atoms with Crippen LogP contribution in [-0.4, -0.2) is 41.9 Å². The fraction of sp³-hybridized carbons (Fsp3) is 0.500. The van der Waals surface area contributed by atoms with Crippen molar-refractivity contribution in [2.75, 3.05) is 18.5 Å². The van der Waals surface area contributed by atoms with Crippen LogP contribution < -0.4 is 5.32 Å². The molecular weight excluding hydrogens is 346 g/mol. The number of amides is 2. The second-order valence-electron chi connectivity index (χ2n) is 7.07. The molecule has 1 atom stereocenters. The number of nitrogens with one attached hydrogen (secondary N) is 1. The van der Waals surface area contributed by atoms with Gasteiger partial charge < -0.3 is 15.0 Å². The largest absolute Gasteiger partial charge is 0.455 e. The summed E-state index contributed by atoms with van der Waals surface area (Å²) < 4.78 is 5.11. The van der Waals surface area contributed by atoms with Crippen LogP contribution in [0.3, 0.4) is 0 Å². The number of carbonyl (C=O) groups excluding carboxylic acids is 3. The summed E-state index contributed by atoms with van der Waals surface area (Å²) in [6.45, 7) is 0.0111. The maximum Gasteiger partial charge on any atom is 0.311 e. The highest BCUT2D eigenvalue weighted by Crippen LogP contribution is 2.29. The van der Waals surface area contributed by atoms with E-state index in [2.05, 4.69) is 11.4 Å². The van der Waals surface area contributed by atoms with E-state index in [4.69, 9.17) is 10.00 Å². The van der Waals surface area contributed by atoms with Crippen molar-refractivity contribution in [2.45, 2.75) is 44.6 Å². The molecule has 7 nitrogen and oxygen atoms in total. The van der Waals surface area contributed by atoms with Crippen LogP contribution in [0, 0.1) is 17.2 Å². The normalized spacial score (nSPS) is 19.7. The smallest absolute Gasteiger partial charge is 0.311 e. The van der Waals surface area contributed by atoms with Crippen LogP contribution in [0.1, 0.15) is 37.7 Å². The molecule has 0 bridgehead atoms. The van der Waals surface area contributed by atoms with Gasteiger partial charge in [-0.05, 0) is 30.5 Å². The number of nitrogens with zero attached hydrogens (tertiary/aromatic N) is 2. The highest BCUT2D eigenvalue weighted by atomic mass is 16.5. The van der Waals surface area contributed by atoms with Crippen LogP contribution in [0.15, 0.2) is 24.3 Å². The fourth-order valence-corrected chi connectivity index (χ4v) is 3.71. The summed E-state index contributed by atoms with van der Waals surface area (Å²) in [5.74, 6) is -1.42. The van der Waals surface area contributed by atoms with Crippen LogP contribution in [0.4, 0.5) is 5.69 Å². The van der Waals surface area contributed by atoms with Crippen molar-refractivity contribution in [1.82, 2.24) is 4.90 Å². The summed E-state index contributed by atoms with van der Waals surface area (Å²) in [5.41, 5.74) is 1.43. The molecule has 1 aromatic rings. The molecule has 1 heterocycles. The number of anilines is 1. The lowest BCUT2D eigenvalue weighted by Gasteiger charge is -2.23. The molecule has 1 aliphatic carbocycles. The molecular formula is C20H23N3O4. The van der Waals surface area contributed by atoms with Gasteiger partial charge in [0.15, 0.2) is 6.61 Å². The first-order chi connectivity index (χ1) is 13.1. The summed E-state index contributed by atoms with van der Waals surface area (Å²) in [4.78, 5) is 38.1. The minimum absolute atomic E-state index is 0.00533. The fourth-order valence-electron chi connectivity index (χ4n) is 3.71. The minimum atomic E-state index is -0.497. The topological polar surface area (TPSA) is 99.5 Å². The minimum Gasteiger partial charge on any atom is -0.455 e. The van der Waals surface area contributed by atoms with E-state index in [1.807, 2.05) is 4.90 Å². The van der Waals surface area contributed by atoms with E-state index in [1.165, 1.54) is 0 Å². The van der Waals surface area contributed by atoms with E-state index < -0.39 is 17.8 Å². The second-order valence-corrected chi connectivity index (χ2v) is 7.07. The molecule has 1 saturated carbocycles. The molecule has 2 aliphatic rings. The lowest BCUT2D eigenvalue weighted by Crippen LogP contribution is -2.35. The second kappa shape index (κ2) is 8.67. The van der Waals surface area contributed by atoms with Crippen molar-refractivity contribution in [2.24, 2.45) is 5.92 Å². The average Bonchev–Trinajstić information content (AvgIpc) is 3.31. The molecule has 1 N–H and O–H groups in total. The zero-order valence-corrected chi connectivity index (χ0v) is 15.1. The van der Waals surface area contributed by atoms with Crippen LogP contribution in [-0.2, 0) is 25.5 Å². The molecule has 0 spiro atoms. The summed E-state index contributed by atoms with van der Waals surface area (Å²) in [6, 6.07) is 9.21. The van der Waals surface area contributed by atoms with Gasteiger partial charge in [-0.1, -0.05) is 25.0 Å². The van der Waals surface area contributed by atoms with Gasteiger partial charge in [-0.3, -0.25) is 14.4 Å². The number of benzene rings is 1. The van der Waals surface area contributed by atoms with Gasteiger partial charge in [0, 0.05) is 24.7 Å². The highest BCUT2D eigenvalue weighted by molar-refractivity contribution is 5.93. The molecule has 0 aromatic heterocycles. The average molecular weight is 369 g/mol. The van der Waals surface area contributed by atoms with Crippen molar-refractivity contribution in [3.05, 3.63) is 29.8 Å². The first-order valence-electron chi connectivity index (χ1n) is 9.28. The number of likely N-dealkylation sites (tertiary alicyclic amines) is 1. The summed E-state index contributed by atoms with van der Waals surface area (Å²) in [6.07, 6.45) is 4.73. The number of hydrogen-bond acceptors (Lipinski definition) is 5. The maximum atomic E-state index is 12.2. The van der Waals surface area contributed by atoms with Crippen LogP contribution in [0.5, 0.6) is 0 Å². The molecule has 27 heavy (non-hydrogen) atoms.